The lowest BCUT2D eigenvalue weighted by Gasteiger charge is -2.41. The van der Waals surface area contributed by atoms with E-state index in [0.717, 1.165) is 6.42 Å². The predicted molar refractivity (Wildman–Crippen MR) is 214 cm³/mol. The molecule has 1 fully saturated rings. The fourth-order valence-electron chi connectivity index (χ4n) is 8.21. The largest absolute Gasteiger partial charge is 0.497 e. The lowest BCUT2D eigenvalue weighted by Crippen LogP contribution is -2.54. The first-order valence-corrected chi connectivity index (χ1v) is 20.0. The van der Waals surface area contributed by atoms with E-state index in [-0.39, 0.29) is 78.3 Å². The minimum absolute atomic E-state index is 0.00241. The van der Waals surface area contributed by atoms with Crippen molar-refractivity contribution in [3.05, 3.63) is 29.8 Å². The molecule has 1 aromatic rings. The highest BCUT2D eigenvalue weighted by molar-refractivity contribution is 6.00. The van der Waals surface area contributed by atoms with Crippen LogP contribution >= 0.6 is 0 Å². The molecule has 2 rings (SSSR count). The third-order valence-electron chi connectivity index (χ3n) is 11.9. The van der Waals surface area contributed by atoms with Crippen molar-refractivity contribution in [2.75, 3.05) is 49.1 Å². The number of nitrogens with zero attached hydrogens (tertiary/aromatic N) is 2. The van der Waals surface area contributed by atoms with Crippen molar-refractivity contribution in [2.45, 2.75) is 124 Å². The highest BCUT2D eigenvalue weighted by atomic mass is 16.5. The zero-order valence-electron chi connectivity index (χ0n) is 36.0. The lowest BCUT2D eigenvalue weighted by atomic mass is 9.84. The molecule has 1 heterocycles. The van der Waals surface area contributed by atoms with Crippen molar-refractivity contribution in [1.29, 1.82) is 0 Å². The van der Waals surface area contributed by atoms with Crippen molar-refractivity contribution in [2.24, 2.45) is 35.5 Å². The number of carbonyl (C=O) groups is 5. The van der Waals surface area contributed by atoms with Gasteiger partial charge in [0, 0.05) is 71.1 Å². The lowest BCUT2D eigenvalue weighted by molar-refractivity contribution is -0.149. The summed E-state index contributed by atoms with van der Waals surface area (Å²) in [6, 6.07) is 5.62. The molecular weight excluding hydrogens is 702 g/mol. The predicted octanol–water partition coefficient (Wildman–Crippen LogP) is 5.49. The summed E-state index contributed by atoms with van der Waals surface area (Å²) >= 11 is 0. The maximum Gasteiger partial charge on any atom is 0.226 e. The van der Waals surface area contributed by atoms with E-state index >= 15 is 0 Å². The number of hydrogen-bond donors (Lipinski definition) is 1. The number of benzene rings is 1. The number of carbonyl (C=O) groups excluding carboxylic acids is 5. The molecule has 0 aliphatic carbocycles. The summed E-state index contributed by atoms with van der Waals surface area (Å²) in [4.78, 5) is 72.4. The molecule has 0 spiro atoms. The van der Waals surface area contributed by atoms with Crippen molar-refractivity contribution < 1.29 is 42.9 Å². The van der Waals surface area contributed by atoms with Crippen LogP contribution in [-0.2, 0) is 33.4 Å². The number of hydrogen-bond acceptors (Lipinski definition) is 10. The van der Waals surface area contributed by atoms with Crippen LogP contribution in [0.25, 0.3) is 0 Å². The zero-order valence-corrected chi connectivity index (χ0v) is 36.0. The molecule has 1 aliphatic rings. The second-order valence-electron chi connectivity index (χ2n) is 16.2. The van der Waals surface area contributed by atoms with Gasteiger partial charge in [-0.05, 0) is 43.4 Å². The SMILES string of the molecule is CC[C@H](C)[C@@H]([C@@H](CC(=O)N1C[C@H](OC)CC1[C@H](OC)[C@@H](C)C(=O)C[C@H](C)C(=O)c1cccc(OC)c1)OC)N(C)C(=O)[C@@H](CC(=O)[C@@H](NC)C(C)C)C(C)C. The van der Waals surface area contributed by atoms with Gasteiger partial charge in [0.2, 0.25) is 11.8 Å². The number of Topliss-reactive ketones (excluding diaryl/α,β-unsaturated/α-hetero) is 3. The van der Waals surface area contributed by atoms with Crippen LogP contribution in [0.5, 0.6) is 5.75 Å². The number of likely N-dealkylation sites (N-methyl/N-ethyl adjacent to an activating group) is 2. The van der Waals surface area contributed by atoms with E-state index in [9.17, 15) is 24.0 Å². The fourth-order valence-corrected chi connectivity index (χ4v) is 8.21. The average Bonchev–Trinajstić information content (AvgIpc) is 3.60. The molecule has 0 saturated carbocycles. The van der Waals surface area contributed by atoms with Gasteiger partial charge in [0.25, 0.3) is 0 Å². The molecule has 10 atom stereocenters. The van der Waals surface area contributed by atoms with Gasteiger partial charge in [-0.25, -0.2) is 0 Å². The summed E-state index contributed by atoms with van der Waals surface area (Å²) in [6.07, 6.45) is -0.241. The van der Waals surface area contributed by atoms with Crippen LogP contribution in [0, 0.1) is 35.5 Å². The maximum absolute atomic E-state index is 14.4. The van der Waals surface area contributed by atoms with E-state index in [4.69, 9.17) is 18.9 Å². The Labute approximate surface area is 330 Å². The quantitative estimate of drug-likeness (QED) is 0.134. The van der Waals surface area contributed by atoms with Gasteiger partial charge < -0.3 is 34.1 Å². The normalized spacial score (nSPS) is 20.3. The Morgan fingerprint density at radius 2 is 1.55 bits per heavy atom. The summed E-state index contributed by atoms with van der Waals surface area (Å²) in [5.41, 5.74) is 0.476. The van der Waals surface area contributed by atoms with Gasteiger partial charge in [-0.3, -0.25) is 24.0 Å². The second-order valence-corrected chi connectivity index (χ2v) is 16.2. The Balaban J connectivity index is 2.33. The third kappa shape index (κ3) is 12.4. The molecule has 12 nitrogen and oxygen atoms in total. The topological polar surface area (TPSA) is 141 Å². The first-order valence-electron chi connectivity index (χ1n) is 20.0. The van der Waals surface area contributed by atoms with Crippen LogP contribution in [0.15, 0.2) is 24.3 Å². The molecule has 12 heteroatoms. The molecule has 2 amide bonds. The zero-order chi connectivity index (χ0) is 41.7. The minimum Gasteiger partial charge on any atom is -0.497 e. The molecule has 0 bridgehead atoms. The number of rotatable bonds is 24. The standard InChI is InChI=1S/C43H71N3O9/c1-15-27(6)40(45(10)43(51)33(25(2)3)22-36(48)39(44-9)26(4)5)37(54-13)23-38(49)46-24-32(53-12)21-34(46)42(55-14)29(8)35(47)19-28(7)41(50)30-17-16-18-31(20-30)52-11/h16-18,20,25-29,32-34,37,39-40,42,44H,15,19,21-24H2,1-14H3/t27-,28-,29-,32+,33-,34?,37+,39-,40-,42+/m0/s1. The average molecular weight is 774 g/mol. The molecule has 1 aromatic carbocycles. The third-order valence-corrected chi connectivity index (χ3v) is 11.9. The van der Waals surface area contributed by atoms with Gasteiger partial charge in [-0.2, -0.15) is 0 Å². The van der Waals surface area contributed by atoms with Crippen molar-refractivity contribution in [3.8, 4) is 5.75 Å². The monoisotopic (exact) mass is 774 g/mol. The fraction of sp³-hybridized carbons (Fsp3) is 0.744. The van der Waals surface area contributed by atoms with E-state index in [0.29, 0.717) is 24.3 Å². The van der Waals surface area contributed by atoms with E-state index in [2.05, 4.69) is 5.32 Å². The van der Waals surface area contributed by atoms with E-state index in [1.165, 1.54) is 14.2 Å². The molecule has 1 aliphatic heterocycles. The summed E-state index contributed by atoms with van der Waals surface area (Å²) in [6.45, 7) is 15.8. The summed E-state index contributed by atoms with van der Waals surface area (Å²) in [5, 5.41) is 3.11. The van der Waals surface area contributed by atoms with E-state index in [1.807, 2.05) is 41.5 Å². The Morgan fingerprint density at radius 3 is 2.05 bits per heavy atom. The minimum atomic E-state index is -0.650. The van der Waals surface area contributed by atoms with Crippen LogP contribution in [0.1, 0.15) is 97.9 Å². The van der Waals surface area contributed by atoms with Crippen LogP contribution < -0.4 is 10.1 Å². The maximum atomic E-state index is 14.4. The highest BCUT2D eigenvalue weighted by Crippen LogP contribution is 2.32. The number of amides is 2. The molecule has 0 aromatic heterocycles. The summed E-state index contributed by atoms with van der Waals surface area (Å²) < 4.78 is 23.0. The van der Waals surface area contributed by atoms with Gasteiger partial charge in [0.05, 0.1) is 50.0 Å². The van der Waals surface area contributed by atoms with Gasteiger partial charge in [-0.1, -0.05) is 73.9 Å². The molecule has 1 saturated heterocycles. The van der Waals surface area contributed by atoms with Crippen LogP contribution in [0.2, 0.25) is 0 Å². The summed E-state index contributed by atoms with van der Waals surface area (Å²) in [5.74, 6) is -1.82. The molecule has 312 valence electrons. The molecule has 1 N–H and O–H groups in total. The van der Waals surface area contributed by atoms with Crippen molar-refractivity contribution >= 4 is 29.2 Å². The Bertz CT molecular complexity index is 1420. The Kier molecular flexibility index (Phi) is 19.6. The van der Waals surface area contributed by atoms with Crippen LogP contribution in [0.4, 0.5) is 0 Å². The number of ether oxygens (including phenoxy) is 4. The number of ketones is 3. The molecule has 0 radical (unpaired) electrons. The number of methoxy groups -OCH3 is 4. The van der Waals surface area contributed by atoms with Gasteiger partial charge in [-0.15, -0.1) is 0 Å². The van der Waals surface area contributed by atoms with Crippen LogP contribution in [-0.4, -0.2) is 124 Å². The number of likely N-dealkylation sites (tertiary alicyclic amines) is 1. The van der Waals surface area contributed by atoms with Crippen molar-refractivity contribution in [1.82, 2.24) is 15.1 Å². The van der Waals surface area contributed by atoms with Gasteiger partial charge in [0.15, 0.2) is 11.6 Å². The smallest absolute Gasteiger partial charge is 0.226 e. The summed E-state index contributed by atoms with van der Waals surface area (Å²) in [7, 11) is 9.75. The Morgan fingerprint density at radius 1 is 0.891 bits per heavy atom. The van der Waals surface area contributed by atoms with Gasteiger partial charge >= 0.3 is 0 Å². The Hall–Kier alpha value is -3.19. The second kappa shape index (κ2) is 22.5. The highest BCUT2D eigenvalue weighted by Gasteiger charge is 2.45. The van der Waals surface area contributed by atoms with Gasteiger partial charge in [0.1, 0.15) is 11.5 Å². The first-order chi connectivity index (χ1) is 25.9. The molecular formula is C43H71N3O9. The molecule has 1 unspecified atom stereocenters. The van der Waals surface area contributed by atoms with E-state index in [1.54, 1.807) is 76.2 Å². The first kappa shape index (κ1) is 48.0. The van der Waals surface area contributed by atoms with Crippen LogP contribution in [0.3, 0.4) is 0 Å². The number of nitrogens with one attached hydrogen (secondary N) is 1. The van der Waals surface area contributed by atoms with E-state index < -0.39 is 42.0 Å². The molecule has 55 heavy (non-hydrogen) atoms. The van der Waals surface area contributed by atoms with Crippen molar-refractivity contribution in [3.63, 3.8) is 0 Å².